The lowest BCUT2D eigenvalue weighted by Gasteiger charge is -2.23. The van der Waals surface area contributed by atoms with Crippen LogP contribution in [0, 0.1) is 0 Å². The molecule has 0 spiro atoms. The quantitative estimate of drug-likeness (QED) is 0.732. The number of ether oxygens (including phenoxy) is 1. The van der Waals surface area contributed by atoms with Gasteiger partial charge in [-0.25, -0.2) is 4.79 Å². The molecular formula is C21H17NO2. The zero-order chi connectivity index (χ0) is 16.4. The first-order valence-electron chi connectivity index (χ1n) is 7.99. The Morgan fingerprint density at radius 1 is 0.750 bits per heavy atom. The van der Waals surface area contributed by atoms with Gasteiger partial charge in [-0.05, 0) is 17.2 Å². The maximum absolute atomic E-state index is 12.1. The molecule has 118 valence electrons. The van der Waals surface area contributed by atoms with E-state index in [-0.39, 0.29) is 12.0 Å². The van der Waals surface area contributed by atoms with Gasteiger partial charge in [0, 0.05) is 5.56 Å². The summed E-state index contributed by atoms with van der Waals surface area (Å²) in [7, 11) is 0. The number of fused-ring (bicyclic) bond motifs is 1. The molecule has 4 rings (SSSR count). The molecule has 1 aliphatic heterocycles. The first kappa shape index (κ1) is 14.7. The third-order valence-corrected chi connectivity index (χ3v) is 4.27. The van der Waals surface area contributed by atoms with Crippen LogP contribution in [-0.2, 0) is 4.74 Å². The minimum absolute atomic E-state index is 0.0589. The van der Waals surface area contributed by atoms with Gasteiger partial charge in [-0.15, -0.1) is 0 Å². The van der Waals surface area contributed by atoms with Gasteiger partial charge in [0.1, 0.15) is 0 Å². The van der Waals surface area contributed by atoms with Crippen LogP contribution < -0.4 is 5.32 Å². The molecular weight excluding hydrogens is 298 g/mol. The van der Waals surface area contributed by atoms with E-state index in [0.717, 1.165) is 16.7 Å². The monoisotopic (exact) mass is 315 g/mol. The highest BCUT2D eigenvalue weighted by molar-refractivity contribution is 5.93. The predicted octanol–water partition coefficient (Wildman–Crippen LogP) is 4.23. The highest BCUT2D eigenvalue weighted by atomic mass is 16.6. The van der Waals surface area contributed by atoms with E-state index in [1.54, 1.807) is 6.07 Å². The van der Waals surface area contributed by atoms with Gasteiger partial charge in [-0.2, -0.15) is 0 Å². The summed E-state index contributed by atoms with van der Waals surface area (Å²) in [5, 5.41) is 3.49. The maximum Gasteiger partial charge on any atom is 0.340 e. The zero-order valence-electron chi connectivity index (χ0n) is 13.1. The van der Waals surface area contributed by atoms with E-state index < -0.39 is 6.23 Å². The molecule has 24 heavy (non-hydrogen) atoms. The zero-order valence-corrected chi connectivity index (χ0v) is 13.1. The lowest BCUT2D eigenvalue weighted by Crippen LogP contribution is -2.27. The second-order valence-electron chi connectivity index (χ2n) is 5.79. The van der Waals surface area contributed by atoms with E-state index >= 15 is 0 Å². The predicted molar refractivity (Wildman–Crippen MR) is 92.5 cm³/mol. The summed E-state index contributed by atoms with van der Waals surface area (Å²) in [5.74, 6) is -0.275. The largest absolute Gasteiger partial charge is 0.439 e. The molecule has 0 saturated carbocycles. The topological polar surface area (TPSA) is 38.3 Å². The van der Waals surface area contributed by atoms with Crippen LogP contribution in [0.1, 0.15) is 39.3 Å². The molecule has 0 bridgehead atoms. The summed E-state index contributed by atoms with van der Waals surface area (Å²) in [6.45, 7) is 0. The summed E-state index contributed by atoms with van der Waals surface area (Å²) in [5.41, 5.74) is 3.78. The molecule has 3 nitrogen and oxygen atoms in total. The number of cyclic esters (lactones) is 1. The number of nitrogens with one attached hydrogen (secondary N) is 1. The highest BCUT2D eigenvalue weighted by Crippen LogP contribution is 2.32. The maximum atomic E-state index is 12.1. The Morgan fingerprint density at radius 3 is 1.92 bits per heavy atom. The van der Waals surface area contributed by atoms with Crippen LogP contribution in [0.4, 0.5) is 0 Å². The molecule has 1 unspecified atom stereocenters. The molecule has 1 atom stereocenters. The van der Waals surface area contributed by atoms with Gasteiger partial charge in [-0.3, -0.25) is 5.32 Å². The van der Waals surface area contributed by atoms with Crippen LogP contribution in [0.2, 0.25) is 0 Å². The average Bonchev–Trinajstić information content (AvgIpc) is 2.97. The lowest BCUT2D eigenvalue weighted by molar-refractivity contribution is 0.0288. The van der Waals surface area contributed by atoms with Gasteiger partial charge in [0.15, 0.2) is 6.23 Å². The molecule has 3 heteroatoms. The Bertz CT molecular complexity index is 806. The fourth-order valence-electron chi connectivity index (χ4n) is 3.10. The smallest absolute Gasteiger partial charge is 0.340 e. The van der Waals surface area contributed by atoms with Gasteiger partial charge in [-0.1, -0.05) is 78.9 Å². The van der Waals surface area contributed by atoms with Crippen LogP contribution in [0.25, 0.3) is 0 Å². The summed E-state index contributed by atoms with van der Waals surface area (Å²) >= 11 is 0. The van der Waals surface area contributed by atoms with E-state index in [1.165, 1.54) is 0 Å². The standard InChI is InChI=1S/C21H17NO2/c23-21-18-14-8-7-13-17(18)20(24-21)22-19(15-9-3-1-4-10-15)16-11-5-2-6-12-16/h1-14,19-20,22H. The van der Waals surface area contributed by atoms with Gasteiger partial charge in [0.2, 0.25) is 0 Å². The number of hydrogen-bond donors (Lipinski definition) is 1. The molecule has 1 aliphatic rings. The van der Waals surface area contributed by atoms with Crippen molar-refractivity contribution < 1.29 is 9.53 Å². The van der Waals surface area contributed by atoms with Crippen molar-refractivity contribution in [1.29, 1.82) is 0 Å². The van der Waals surface area contributed by atoms with Crippen molar-refractivity contribution in [3.63, 3.8) is 0 Å². The van der Waals surface area contributed by atoms with Crippen molar-refractivity contribution in [2.45, 2.75) is 12.3 Å². The van der Waals surface area contributed by atoms with Crippen LogP contribution in [0.5, 0.6) is 0 Å². The van der Waals surface area contributed by atoms with Gasteiger partial charge in [0.05, 0.1) is 11.6 Å². The molecule has 0 saturated heterocycles. The van der Waals surface area contributed by atoms with E-state index in [9.17, 15) is 4.79 Å². The number of hydrogen-bond acceptors (Lipinski definition) is 3. The van der Waals surface area contributed by atoms with E-state index in [2.05, 4.69) is 29.6 Å². The molecule has 3 aromatic rings. The fraction of sp³-hybridized carbons (Fsp3) is 0.0952. The number of carbonyl (C=O) groups is 1. The number of benzene rings is 3. The van der Waals surface area contributed by atoms with E-state index in [1.807, 2.05) is 54.6 Å². The first-order chi connectivity index (χ1) is 11.8. The van der Waals surface area contributed by atoms with Crippen molar-refractivity contribution in [1.82, 2.24) is 5.32 Å². The average molecular weight is 315 g/mol. The summed E-state index contributed by atoms with van der Waals surface area (Å²) in [6, 6.07) is 27.8. The van der Waals surface area contributed by atoms with Crippen LogP contribution >= 0.6 is 0 Å². The summed E-state index contributed by atoms with van der Waals surface area (Å²) < 4.78 is 5.56. The van der Waals surface area contributed by atoms with Crippen LogP contribution in [0.15, 0.2) is 84.9 Å². The molecule has 0 radical (unpaired) electrons. The van der Waals surface area contributed by atoms with Crippen molar-refractivity contribution in [3.05, 3.63) is 107 Å². The minimum Gasteiger partial charge on any atom is -0.439 e. The van der Waals surface area contributed by atoms with Crippen molar-refractivity contribution in [3.8, 4) is 0 Å². The summed E-state index contributed by atoms with van der Waals surface area (Å²) in [4.78, 5) is 12.1. The van der Waals surface area contributed by atoms with Gasteiger partial charge >= 0.3 is 5.97 Å². The molecule has 0 fully saturated rings. The van der Waals surface area contributed by atoms with Crippen LogP contribution in [-0.4, -0.2) is 5.97 Å². The first-order valence-corrected chi connectivity index (χ1v) is 7.99. The Labute approximate surface area is 140 Å². The van der Waals surface area contributed by atoms with E-state index in [0.29, 0.717) is 5.56 Å². The second-order valence-corrected chi connectivity index (χ2v) is 5.79. The minimum atomic E-state index is -0.445. The SMILES string of the molecule is O=C1OC(NC(c2ccccc2)c2ccccc2)c2ccccc21. The Kier molecular flexibility index (Phi) is 3.85. The molecule has 0 aromatic heterocycles. The Hall–Kier alpha value is -2.91. The summed E-state index contributed by atoms with van der Waals surface area (Å²) in [6.07, 6.45) is -0.445. The third-order valence-electron chi connectivity index (χ3n) is 4.27. The number of esters is 1. The Balaban J connectivity index is 1.70. The molecule has 0 aliphatic carbocycles. The number of carbonyl (C=O) groups excluding carboxylic acids is 1. The van der Waals surface area contributed by atoms with Gasteiger partial charge < -0.3 is 4.74 Å². The molecule has 3 aromatic carbocycles. The van der Waals surface area contributed by atoms with Crippen molar-refractivity contribution in [2.75, 3.05) is 0 Å². The lowest BCUT2D eigenvalue weighted by atomic mass is 9.98. The highest BCUT2D eigenvalue weighted by Gasteiger charge is 2.32. The molecule has 1 heterocycles. The Morgan fingerprint density at radius 2 is 1.29 bits per heavy atom. The molecule has 1 N–H and O–H groups in total. The third kappa shape index (κ3) is 2.70. The van der Waals surface area contributed by atoms with E-state index in [4.69, 9.17) is 4.74 Å². The van der Waals surface area contributed by atoms with Gasteiger partial charge in [0.25, 0.3) is 0 Å². The normalized spacial score (nSPS) is 16.0. The van der Waals surface area contributed by atoms with Crippen LogP contribution in [0.3, 0.4) is 0 Å². The van der Waals surface area contributed by atoms with Crippen molar-refractivity contribution >= 4 is 5.97 Å². The van der Waals surface area contributed by atoms with Crippen molar-refractivity contribution in [2.24, 2.45) is 0 Å². The molecule has 0 amide bonds. The number of rotatable bonds is 4. The fourth-order valence-corrected chi connectivity index (χ4v) is 3.10. The second kappa shape index (κ2) is 6.30.